The molecule has 2 heteroatoms. The van der Waals surface area contributed by atoms with Crippen LogP contribution in [0.4, 0.5) is 0 Å². The number of hydrogen-bond donors (Lipinski definition) is 0. The Bertz CT molecular complexity index is 479. The summed E-state index contributed by atoms with van der Waals surface area (Å²) in [7, 11) is 1.68. The highest BCUT2D eigenvalue weighted by atomic mass is 16.5. The molecular weight excluding hydrogens is 272 g/mol. The van der Waals surface area contributed by atoms with Gasteiger partial charge in [0.15, 0.2) is 0 Å². The third-order valence-electron chi connectivity index (χ3n) is 3.75. The van der Waals surface area contributed by atoms with Crippen LogP contribution in [-0.2, 0) is 4.74 Å². The van der Waals surface area contributed by atoms with Crippen LogP contribution >= 0.6 is 0 Å². The van der Waals surface area contributed by atoms with Gasteiger partial charge in [-0.05, 0) is 69.2 Å². The molecule has 1 atom stereocenters. The minimum atomic E-state index is 0.699. The zero-order valence-corrected chi connectivity index (χ0v) is 14.7. The second-order valence-electron chi connectivity index (χ2n) is 6.15. The summed E-state index contributed by atoms with van der Waals surface area (Å²) in [6.07, 6.45) is 7.68. The van der Waals surface area contributed by atoms with Crippen LogP contribution < -0.4 is 4.74 Å². The molecule has 0 fully saturated rings. The summed E-state index contributed by atoms with van der Waals surface area (Å²) >= 11 is 0. The summed E-state index contributed by atoms with van der Waals surface area (Å²) in [5, 5.41) is 0. The summed E-state index contributed by atoms with van der Waals surface area (Å²) in [6, 6.07) is 8.04. The van der Waals surface area contributed by atoms with Crippen molar-refractivity contribution in [3.05, 3.63) is 47.7 Å². The van der Waals surface area contributed by atoms with Gasteiger partial charge in [-0.2, -0.15) is 0 Å². The average Bonchev–Trinajstić information content (AvgIpc) is 2.51. The van der Waals surface area contributed by atoms with Crippen LogP contribution in [0.15, 0.2) is 42.2 Å². The number of ether oxygens (including phenoxy) is 2. The number of methoxy groups -OCH3 is 1. The van der Waals surface area contributed by atoms with Gasteiger partial charge in [0.25, 0.3) is 0 Å². The van der Waals surface area contributed by atoms with Gasteiger partial charge >= 0.3 is 0 Å². The van der Waals surface area contributed by atoms with Gasteiger partial charge < -0.3 is 9.47 Å². The predicted octanol–water partition coefficient (Wildman–Crippen LogP) is 5.85. The van der Waals surface area contributed by atoms with E-state index in [0.717, 1.165) is 29.9 Å². The van der Waals surface area contributed by atoms with Crippen LogP contribution in [-0.4, -0.2) is 13.7 Å². The number of allylic oxidation sites excluding steroid dienone is 3. The fourth-order valence-corrected chi connectivity index (χ4v) is 2.18. The molecule has 22 heavy (non-hydrogen) atoms. The minimum Gasteiger partial charge on any atom is -0.501 e. The van der Waals surface area contributed by atoms with Crippen LogP contribution in [0.2, 0.25) is 0 Å². The van der Waals surface area contributed by atoms with Crippen LogP contribution in [0, 0.1) is 5.92 Å². The molecular formula is C20H30O2. The third-order valence-corrected chi connectivity index (χ3v) is 3.75. The molecule has 0 aliphatic heterocycles. The lowest BCUT2D eigenvalue weighted by Gasteiger charge is -2.10. The van der Waals surface area contributed by atoms with E-state index in [2.05, 4.69) is 45.9 Å². The summed E-state index contributed by atoms with van der Waals surface area (Å²) in [6.45, 7) is 9.45. The van der Waals surface area contributed by atoms with E-state index in [4.69, 9.17) is 9.47 Å². The fraction of sp³-hybridized carbons (Fsp3) is 0.500. The lowest BCUT2D eigenvalue weighted by Crippen LogP contribution is -1.99. The highest BCUT2D eigenvalue weighted by molar-refractivity contribution is 5.63. The van der Waals surface area contributed by atoms with E-state index in [1.54, 1.807) is 7.11 Å². The normalized spacial score (nSPS) is 12.7. The van der Waals surface area contributed by atoms with Crippen molar-refractivity contribution in [1.29, 1.82) is 0 Å². The Kier molecular flexibility index (Phi) is 8.42. The monoisotopic (exact) mass is 302 g/mol. The topological polar surface area (TPSA) is 18.5 Å². The second kappa shape index (κ2) is 10.1. The van der Waals surface area contributed by atoms with Crippen LogP contribution in [0.5, 0.6) is 5.75 Å². The molecule has 0 amide bonds. The van der Waals surface area contributed by atoms with E-state index in [0.29, 0.717) is 5.92 Å². The van der Waals surface area contributed by atoms with Crippen molar-refractivity contribution < 1.29 is 9.47 Å². The molecule has 2 nitrogen and oxygen atoms in total. The average molecular weight is 302 g/mol. The zero-order chi connectivity index (χ0) is 16.4. The van der Waals surface area contributed by atoms with E-state index in [1.165, 1.54) is 18.4 Å². The molecule has 1 rings (SSSR count). The van der Waals surface area contributed by atoms with E-state index < -0.39 is 0 Å². The molecule has 0 radical (unpaired) electrons. The lowest BCUT2D eigenvalue weighted by atomic mass is 10.0. The zero-order valence-electron chi connectivity index (χ0n) is 14.7. The van der Waals surface area contributed by atoms with Gasteiger partial charge in [-0.15, -0.1) is 0 Å². The van der Waals surface area contributed by atoms with Crippen LogP contribution in [0.1, 0.15) is 52.5 Å². The first-order chi connectivity index (χ1) is 10.5. The number of hydrogen-bond acceptors (Lipinski definition) is 2. The third kappa shape index (κ3) is 7.35. The molecule has 0 bridgehead atoms. The highest BCUT2D eigenvalue weighted by Crippen LogP contribution is 2.18. The van der Waals surface area contributed by atoms with E-state index in [-0.39, 0.29) is 0 Å². The van der Waals surface area contributed by atoms with Crippen LogP contribution in [0.3, 0.4) is 0 Å². The lowest BCUT2D eigenvalue weighted by molar-refractivity contribution is 0.224. The Morgan fingerprint density at radius 1 is 1.09 bits per heavy atom. The molecule has 1 aromatic rings. The standard InChI is InChI=1S/C20H30O2/c1-16(2)7-6-8-17(3)13-14-22-15-18(4)19-9-11-20(21-5)12-10-19/h7,9-12,15,17H,6,8,13-14H2,1-5H3. The fourth-order valence-electron chi connectivity index (χ4n) is 2.18. The van der Waals surface area contributed by atoms with Crippen molar-refractivity contribution in [3.63, 3.8) is 0 Å². The molecule has 1 aromatic carbocycles. The van der Waals surface area contributed by atoms with Gasteiger partial charge in [0.2, 0.25) is 0 Å². The molecule has 0 heterocycles. The number of benzene rings is 1. The van der Waals surface area contributed by atoms with Crippen molar-refractivity contribution in [2.75, 3.05) is 13.7 Å². The van der Waals surface area contributed by atoms with Crippen LogP contribution in [0.25, 0.3) is 5.57 Å². The summed E-state index contributed by atoms with van der Waals surface area (Å²) in [4.78, 5) is 0. The molecule has 1 unspecified atom stereocenters. The molecule has 0 saturated carbocycles. The molecule has 0 spiro atoms. The molecule has 0 saturated heterocycles. The van der Waals surface area contributed by atoms with E-state index in [1.807, 2.05) is 18.4 Å². The van der Waals surface area contributed by atoms with Crippen molar-refractivity contribution >= 4 is 5.57 Å². The summed E-state index contributed by atoms with van der Waals surface area (Å²) < 4.78 is 10.9. The van der Waals surface area contributed by atoms with Crippen molar-refractivity contribution in [2.24, 2.45) is 5.92 Å². The van der Waals surface area contributed by atoms with Crippen molar-refractivity contribution in [3.8, 4) is 5.75 Å². The SMILES string of the molecule is COc1ccc(C(C)=COCCC(C)CCC=C(C)C)cc1. The first-order valence-corrected chi connectivity index (χ1v) is 8.09. The molecule has 0 aliphatic rings. The Hall–Kier alpha value is -1.70. The number of rotatable bonds is 9. The minimum absolute atomic E-state index is 0.699. The van der Waals surface area contributed by atoms with Gasteiger partial charge in [-0.1, -0.05) is 30.7 Å². The van der Waals surface area contributed by atoms with Crippen molar-refractivity contribution in [1.82, 2.24) is 0 Å². The molecule has 0 aliphatic carbocycles. The van der Waals surface area contributed by atoms with Crippen molar-refractivity contribution in [2.45, 2.75) is 47.0 Å². The molecule has 122 valence electrons. The Labute approximate surface area is 135 Å². The first-order valence-electron chi connectivity index (χ1n) is 8.09. The maximum absolute atomic E-state index is 5.70. The van der Waals surface area contributed by atoms with Gasteiger partial charge in [-0.25, -0.2) is 0 Å². The second-order valence-corrected chi connectivity index (χ2v) is 6.15. The van der Waals surface area contributed by atoms with E-state index in [9.17, 15) is 0 Å². The summed E-state index contributed by atoms with van der Waals surface area (Å²) in [5.74, 6) is 1.58. The van der Waals surface area contributed by atoms with Gasteiger partial charge in [-0.3, -0.25) is 0 Å². The smallest absolute Gasteiger partial charge is 0.118 e. The maximum Gasteiger partial charge on any atom is 0.118 e. The molecule has 0 aromatic heterocycles. The summed E-state index contributed by atoms with van der Waals surface area (Å²) in [5.41, 5.74) is 3.71. The quantitative estimate of drug-likeness (QED) is 0.324. The van der Waals surface area contributed by atoms with Gasteiger partial charge in [0.05, 0.1) is 20.0 Å². The Morgan fingerprint density at radius 3 is 2.36 bits per heavy atom. The highest BCUT2D eigenvalue weighted by Gasteiger charge is 2.01. The largest absolute Gasteiger partial charge is 0.501 e. The Balaban J connectivity index is 2.30. The van der Waals surface area contributed by atoms with Gasteiger partial charge in [0.1, 0.15) is 5.75 Å². The molecule has 0 N–H and O–H groups in total. The predicted molar refractivity (Wildman–Crippen MR) is 95.0 cm³/mol. The Morgan fingerprint density at radius 2 is 1.77 bits per heavy atom. The van der Waals surface area contributed by atoms with Gasteiger partial charge in [0, 0.05) is 0 Å². The van der Waals surface area contributed by atoms with E-state index >= 15 is 0 Å². The maximum atomic E-state index is 5.70. The first kappa shape index (κ1) is 18.3.